The molecule has 0 aliphatic carbocycles. The van der Waals surface area contributed by atoms with Crippen molar-refractivity contribution >= 4 is 18.0 Å². The highest BCUT2D eigenvalue weighted by Crippen LogP contribution is 2.14. The Bertz CT molecular complexity index is 558. The third-order valence-electron chi connectivity index (χ3n) is 4.22. The summed E-state index contributed by atoms with van der Waals surface area (Å²) in [6, 6.07) is 7.58. The highest BCUT2D eigenvalue weighted by Gasteiger charge is 2.22. The standard InChI is InChI=1S/C21H30O4/c1-6-15(3)13-24-20(22)19(21(23)25-14-16(4)7-2)12-18-10-8-17(5)9-11-18/h8-12,15-16H,6-7,13-14H2,1-5H3. The summed E-state index contributed by atoms with van der Waals surface area (Å²) in [6.07, 6.45) is 3.35. The van der Waals surface area contributed by atoms with Crippen molar-refractivity contribution in [3.05, 3.63) is 41.0 Å². The van der Waals surface area contributed by atoms with Gasteiger partial charge in [-0.05, 0) is 30.4 Å². The Hall–Kier alpha value is -2.10. The molecule has 0 bridgehead atoms. The number of aryl methyl sites for hydroxylation is 1. The van der Waals surface area contributed by atoms with Gasteiger partial charge in [0.15, 0.2) is 0 Å². The fraction of sp³-hybridized carbons (Fsp3) is 0.524. The molecule has 0 saturated carbocycles. The van der Waals surface area contributed by atoms with Gasteiger partial charge in [0.1, 0.15) is 5.57 Å². The monoisotopic (exact) mass is 346 g/mol. The van der Waals surface area contributed by atoms with Crippen molar-refractivity contribution in [2.75, 3.05) is 13.2 Å². The number of carbonyl (C=O) groups excluding carboxylic acids is 2. The average Bonchev–Trinajstić information content (AvgIpc) is 2.62. The van der Waals surface area contributed by atoms with Gasteiger partial charge in [-0.15, -0.1) is 0 Å². The highest BCUT2D eigenvalue weighted by atomic mass is 16.6. The molecule has 0 heterocycles. The molecular weight excluding hydrogens is 316 g/mol. The molecule has 1 rings (SSSR count). The van der Waals surface area contributed by atoms with Crippen LogP contribution in [0.1, 0.15) is 51.7 Å². The van der Waals surface area contributed by atoms with Crippen LogP contribution in [-0.2, 0) is 19.1 Å². The smallest absolute Gasteiger partial charge is 0.345 e. The van der Waals surface area contributed by atoms with E-state index in [2.05, 4.69) is 0 Å². The van der Waals surface area contributed by atoms with Gasteiger partial charge in [0.05, 0.1) is 13.2 Å². The normalized spacial score (nSPS) is 12.8. The van der Waals surface area contributed by atoms with Crippen molar-refractivity contribution in [2.45, 2.75) is 47.5 Å². The molecule has 4 nitrogen and oxygen atoms in total. The van der Waals surface area contributed by atoms with Crippen LogP contribution in [0.15, 0.2) is 29.8 Å². The van der Waals surface area contributed by atoms with Crippen molar-refractivity contribution in [1.29, 1.82) is 0 Å². The molecule has 25 heavy (non-hydrogen) atoms. The molecule has 0 fully saturated rings. The summed E-state index contributed by atoms with van der Waals surface area (Å²) in [4.78, 5) is 24.8. The summed E-state index contributed by atoms with van der Waals surface area (Å²) in [6.45, 7) is 10.6. The summed E-state index contributed by atoms with van der Waals surface area (Å²) < 4.78 is 10.6. The molecule has 0 aromatic heterocycles. The van der Waals surface area contributed by atoms with Crippen LogP contribution >= 0.6 is 0 Å². The first kappa shape index (κ1) is 20.9. The average molecular weight is 346 g/mol. The quantitative estimate of drug-likeness (QED) is 0.285. The lowest BCUT2D eigenvalue weighted by atomic mass is 10.1. The van der Waals surface area contributed by atoms with E-state index in [9.17, 15) is 9.59 Å². The van der Waals surface area contributed by atoms with Gasteiger partial charge >= 0.3 is 11.9 Å². The van der Waals surface area contributed by atoms with Gasteiger partial charge in [0.25, 0.3) is 0 Å². The zero-order chi connectivity index (χ0) is 18.8. The first-order valence-corrected chi connectivity index (χ1v) is 8.99. The fourth-order valence-electron chi connectivity index (χ4n) is 1.86. The molecule has 1 aromatic rings. The van der Waals surface area contributed by atoms with Crippen LogP contribution in [-0.4, -0.2) is 25.2 Å². The topological polar surface area (TPSA) is 52.6 Å². The molecule has 2 unspecified atom stereocenters. The van der Waals surface area contributed by atoms with Crippen LogP contribution in [0.2, 0.25) is 0 Å². The van der Waals surface area contributed by atoms with Crippen molar-refractivity contribution in [2.24, 2.45) is 11.8 Å². The Morgan fingerprint density at radius 3 is 1.76 bits per heavy atom. The summed E-state index contributed by atoms with van der Waals surface area (Å²) in [5.41, 5.74) is 1.81. The highest BCUT2D eigenvalue weighted by molar-refractivity contribution is 6.17. The van der Waals surface area contributed by atoms with Gasteiger partial charge in [0.2, 0.25) is 0 Å². The maximum Gasteiger partial charge on any atom is 0.345 e. The first-order chi connectivity index (χ1) is 11.9. The molecule has 2 atom stereocenters. The van der Waals surface area contributed by atoms with Crippen molar-refractivity contribution in [1.82, 2.24) is 0 Å². The number of ether oxygens (including phenoxy) is 2. The van der Waals surface area contributed by atoms with Crippen molar-refractivity contribution in [3.8, 4) is 0 Å². The maximum atomic E-state index is 12.4. The zero-order valence-corrected chi connectivity index (χ0v) is 16.0. The third-order valence-corrected chi connectivity index (χ3v) is 4.22. The SMILES string of the molecule is CCC(C)COC(=O)C(=Cc1ccc(C)cc1)C(=O)OCC(C)CC. The van der Waals surface area contributed by atoms with Crippen LogP contribution in [0.3, 0.4) is 0 Å². The van der Waals surface area contributed by atoms with E-state index in [0.29, 0.717) is 13.2 Å². The lowest BCUT2D eigenvalue weighted by Crippen LogP contribution is -2.22. The molecule has 0 saturated heterocycles. The van der Waals surface area contributed by atoms with Crippen LogP contribution in [0.5, 0.6) is 0 Å². The lowest BCUT2D eigenvalue weighted by Gasteiger charge is -2.13. The van der Waals surface area contributed by atoms with Gasteiger partial charge in [-0.1, -0.05) is 70.4 Å². The van der Waals surface area contributed by atoms with E-state index in [1.807, 2.05) is 58.9 Å². The van der Waals surface area contributed by atoms with E-state index < -0.39 is 11.9 Å². The molecule has 0 spiro atoms. The van der Waals surface area contributed by atoms with E-state index in [0.717, 1.165) is 24.0 Å². The summed E-state index contributed by atoms with van der Waals surface area (Å²) in [5, 5.41) is 0. The Labute approximate surface area is 151 Å². The third kappa shape index (κ3) is 7.55. The Morgan fingerprint density at radius 1 is 0.920 bits per heavy atom. The molecule has 0 N–H and O–H groups in total. The molecule has 0 amide bonds. The summed E-state index contributed by atoms with van der Waals surface area (Å²) in [7, 11) is 0. The zero-order valence-electron chi connectivity index (χ0n) is 16.0. The molecule has 0 radical (unpaired) electrons. The number of carbonyl (C=O) groups is 2. The van der Waals surface area contributed by atoms with E-state index >= 15 is 0 Å². The minimum Gasteiger partial charge on any atom is -0.462 e. The molecule has 138 valence electrons. The number of rotatable bonds is 9. The lowest BCUT2D eigenvalue weighted by molar-refractivity contribution is -0.148. The Kier molecular flexibility index (Phi) is 8.96. The predicted molar refractivity (Wildman–Crippen MR) is 100.0 cm³/mol. The van der Waals surface area contributed by atoms with Crippen LogP contribution in [0, 0.1) is 18.8 Å². The number of benzene rings is 1. The predicted octanol–water partition coefficient (Wildman–Crippen LogP) is 4.56. The van der Waals surface area contributed by atoms with Crippen LogP contribution < -0.4 is 0 Å². The summed E-state index contributed by atoms with van der Waals surface area (Å²) in [5.74, 6) is -0.758. The fourth-order valence-corrected chi connectivity index (χ4v) is 1.86. The number of hydrogen-bond donors (Lipinski definition) is 0. The van der Waals surface area contributed by atoms with E-state index in [-0.39, 0.29) is 17.4 Å². The van der Waals surface area contributed by atoms with Gasteiger partial charge < -0.3 is 9.47 Å². The van der Waals surface area contributed by atoms with E-state index in [1.165, 1.54) is 6.08 Å². The molecule has 4 heteroatoms. The van der Waals surface area contributed by atoms with Crippen molar-refractivity contribution < 1.29 is 19.1 Å². The summed E-state index contributed by atoms with van der Waals surface area (Å²) >= 11 is 0. The second-order valence-corrected chi connectivity index (χ2v) is 6.69. The Morgan fingerprint density at radius 2 is 1.36 bits per heavy atom. The molecule has 0 aliphatic heterocycles. The van der Waals surface area contributed by atoms with Gasteiger partial charge in [-0.2, -0.15) is 0 Å². The van der Waals surface area contributed by atoms with Crippen LogP contribution in [0.25, 0.3) is 6.08 Å². The van der Waals surface area contributed by atoms with Gasteiger partial charge in [-0.3, -0.25) is 0 Å². The second-order valence-electron chi connectivity index (χ2n) is 6.69. The first-order valence-electron chi connectivity index (χ1n) is 8.99. The van der Waals surface area contributed by atoms with Gasteiger partial charge in [0, 0.05) is 0 Å². The van der Waals surface area contributed by atoms with E-state index in [4.69, 9.17) is 9.47 Å². The second kappa shape index (κ2) is 10.7. The molecule has 1 aromatic carbocycles. The molecular formula is C21H30O4. The maximum absolute atomic E-state index is 12.4. The van der Waals surface area contributed by atoms with Crippen molar-refractivity contribution in [3.63, 3.8) is 0 Å². The van der Waals surface area contributed by atoms with E-state index in [1.54, 1.807) is 0 Å². The number of hydrogen-bond acceptors (Lipinski definition) is 4. The van der Waals surface area contributed by atoms with Crippen LogP contribution in [0.4, 0.5) is 0 Å². The largest absolute Gasteiger partial charge is 0.462 e. The van der Waals surface area contributed by atoms with Gasteiger partial charge in [-0.25, -0.2) is 9.59 Å². The Balaban J connectivity index is 2.94. The number of esters is 2. The minimum atomic E-state index is -0.630. The molecule has 0 aliphatic rings. The minimum absolute atomic E-state index is 0.0598.